The summed E-state index contributed by atoms with van der Waals surface area (Å²) in [6.45, 7) is -0.197. The van der Waals surface area contributed by atoms with Gasteiger partial charge in [-0.05, 0) is 12.8 Å². The highest BCUT2D eigenvalue weighted by atomic mass is 19.1. The quantitative estimate of drug-likeness (QED) is 0.297. The molecule has 5 atom stereocenters. The molecule has 186 valence electrons. The summed E-state index contributed by atoms with van der Waals surface area (Å²) in [5, 5.41) is 18.0. The van der Waals surface area contributed by atoms with Crippen LogP contribution in [0.25, 0.3) is 22.3 Å². The Hall–Kier alpha value is -3.53. The zero-order valence-corrected chi connectivity index (χ0v) is 18.4. The molecular formula is C20H24FN9O5. The molecule has 5 N–H and O–H groups in total. The van der Waals surface area contributed by atoms with Gasteiger partial charge in [-0.2, -0.15) is 0 Å². The normalized spacial score (nSPS) is 26.3. The molecule has 0 unspecified atom stereocenters. The van der Waals surface area contributed by atoms with Crippen molar-refractivity contribution in [2.45, 2.75) is 50.1 Å². The lowest BCUT2D eigenvalue weighted by Gasteiger charge is -2.15. The van der Waals surface area contributed by atoms with Gasteiger partial charge in [-0.15, -0.1) is 0 Å². The second-order valence-electron chi connectivity index (χ2n) is 8.19. The molecule has 35 heavy (non-hydrogen) atoms. The molecule has 0 amide bonds. The van der Waals surface area contributed by atoms with Gasteiger partial charge in [-0.25, -0.2) is 29.3 Å². The van der Waals surface area contributed by atoms with Gasteiger partial charge >= 0.3 is 0 Å². The minimum atomic E-state index is -1.21. The number of alkyl halides is 1. The Bertz CT molecular complexity index is 1370. The lowest BCUT2D eigenvalue weighted by Crippen LogP contribution is -2.16. The van der Waals surface area contributed by atoms with Crippen LogP contribution >= 0.6 is 0 Å². The molecule has 14 nitrogen and oxygen atoms in total. The van der Waals surface area contributed by atoms with E-state index in [0.717, 1.165) is 12.8 Å². The second kappa shape index (κ2) is 9.61. The first-order valence-corrected chi connectivity index (χ1v) is 11.0. The van der Waals surface area contributed by atoms with Crippen LogP contribution in [-0.2, 0) is 9.47 Å². The lowest BCUT2D eigenvalue weighted by molar-refractivity contribution is -0.0351. The minimum Gasteiger partial charge on any atom is -0.394 e. The van der Waals surface area contributed by atoms with Crippen molar-refractivity contribution < 1.29 is 24.1 Å². The number of nitrogen functional groups attached to an aromatic ring is 1. The van der Waals surface area contributed by atoms with Crippen molar-refractivity contribution in [1.82, 2.24) is 39.0 Å². The number of rotatable bonds is 4. The SMILES string of the molecule is Nc1ncnc2c1ncn2[C@@H]1O[C@H](CO)C[C@@H]1F.O=c1[nH]cnc2c1ncn2[C@H]1CC[C@@H](CO)O1. The minimum absolute atomic E-state index is 0.0111. The van der Waals surface area contributed by atoms with Gasteiger partial charge in [-0.3, -0.25) is 13.9 Å². The maximum Gasteiger partial charge on any atom is 0.278 e. The van der Waals surface area contributed by atoms with Crippen molar-refractivity contribution >= 4 is 28.1 Å². The van der Waals surface area contributed by atoms with Crippen LogP contribution in [0.5, 0.6) is 0 Å². The number of aromatic amines is 1. The molecule has 2 saturated heterocycles. The number of anilines is 1. The van der Waals surface area contributed by atoms with Crippen molar-refractivity contribution in [2.75, 3.05) is 18.9 Å². The van der Waals surface area contributed by atoms with Crippen molar-refractivity contribution in [3.63, 3.8) is 0 Å². The van der Waals surface area contributed by atoms with E-state index >= 15 is 0 Å². The smallest absolute Gasteiger partial charge is 0.278 e. The van der Waals surface area contributed by atoms with E-state index in [1.165, 1.54) is 23.5 Å². The number of H-pyrrole nitrogens is 1. The number of aromatic nitrogens is 8. The number of imidazole rings is 2. The first-order chi connectivity index (χ1) is 17.0. The molecule has 2 fully saturated rings. The van der Waals surface area contributed by atoms with Gasteiger partial charge in [0.25, 0.3) is 5.56 Å². The number of ether oxygens (including phenoxy) is 2. The number of aliphatic hydroxyl groups excluding tert-OH is 2. The summed E-state index contributed by atoms with van der Waals surface area (Å²) in [5.74, 6) is 0.242. The predicted molar refractivity (Wildman–Crippen MR) is 119 cm³/mol. The number of fused-ring (bicyclic) bond motifs is 2. The number of hydrogen-bond donors (Lipinski definition) is 4. The summed E-state index contributed by atoms with van der Waals surface area (Å²) in [6.07, 6.45) is 4.47. The number of nitrogens with two attached hydrogens (primary N) is 1. The molecule has 0 radical (unpaired) electrons. The van der Waals surface area contributed by atoms with Gasteiger partial charge in [0.05, 0.1) is 44.4 Å². The highest BCUT2D eigenvalue weighted by molar-refractivity contribution is 5.81. The maximum absolute atomic E-state index is 13.9. The van der Waals surface area contributed by atoms with Crippen molar-refractivity contribution in [2.24, 2.45) is 0 Å². The highest BCUT2D eigenvalue weighted by Gasteiger charge is 2.37. The van der Waals surface area contributed by atoms with Gasteiger partial charge < -0.3 is 30.4 Å². The Balaban J connectivity index is 0.000000145. The van der Waals surface area contributed by atoms with Gasteiger partial charge in [0.15, 0.2) is 28.9 Å². The van der Waals surface area contributed by atoms with Crippen molar-refractivity contribution in [3.05, 3.63) is 35.7 Å². The fraction of sp³-hybridized carbons (Fsp3) is 0.500. The molecule has 6 rings (SSSR count). The number of aliphatic hydroxyl groups is 2. The van der Waals surface area contributed by atoms with Crippen LogP contribution in [-0.4, -0.2) is 80.8 Å². The van der Waals surface area contributed by atoms with Gasteiger partial charge in [0, 0.05) is 6.42 Å². The van der Waals surface area contributed by atoms with Crippen LogP contribution < -0.4 is 11.3 Å². The average Bonchev–Trinajstić information content (AvgIpc) is 3.64. The summed E-state index contributed by atoms with van der Waals surface area (Å²) in [4.78, 5) is 34.0. The van der Waals surface area contributed by atoms with E-state index in [9.17, 15) is 9.18 Å². The molecule has 4 aromatic rings. The highest BCUT2D eigenvalue weighted by Crippen LogP contribution is 2.33. The summed E-state index contributed by atoms with van der Waals surface area (Å²) in [6, 6.07) is 0. The second-order valence-corrected chi connectivity index (χ2v) is 8.19. The topological polar surface area (TPSA) is 192 Å². The van der Waals surface area contributed by atoms with Crippen LogP contribution in [0.1, 0.15) is 31.7 Å². The van der Waals surface area contributed by atoms with E-state index in [4.69, 9.17) is 25.4 Å². The Morgan fingerprint density at radius 2 is 1.74 bits per heavy atom. The third kappa shape index (κ3) is 4.34. The number of halogens is 1. The molecule has 15 heteroatoms. The zero-order valence-electron chi connectivity index (χ0n) is 18.4. The molecular weight excluding hydrogens is 465 g/mol. The van der Waals surface area contributed by atoms with Crippen LogP contribution in [0, 0.1) is 0 Å². The Kier molecular flexibility index (Phi) is 6.38. The number of hydrogen-bond acceptors (Lipinski definition) is 11. The fourth-order valence-corrected chi connectivity index (χ4v) is 4.22. The fourth-order valence-electron chi connectivity index (χ4n) is 4.22. The molecule has 0 aliphatic carbocycles. The number of nitrogens with one attached hydrogen (secondary N) is 1. The van der Waals surface area contributed by atoms with Crippen molar-refractivity contribution in [3.8, 4) is 0 Å². The Morgan fingerprint density at radius 3 is 2.49 bits per heavy atom. The van der Waals surface area contributed by atoms with Gasteiger partial charge in [0.1, 0.15) is 24.2 Å². The van der Waals surface area contributed by atoms with E-state index < -0.39 is 18.5 Å². The van der Waals surface area contributed by atoms with E-state index in [1.54, 1.807) is 10.9 Å². The lowest BCUT2D eigenvalue weighted by atomic mass is 10.2. The Morgan fingerprint density at radius 1 is 1.00 bits per heavy atom. The largest absolute Gasteiger partial charge is 0.394 e. The zero-order chi connectivity index (χ0) is 24.5. The molecule has 6 heterocycles. The molecule has 0 saturated carbocycles. The van der Waals surface area contributed by atoms with Crippen LogP contribution in [0.15, 0.2) is 30.1 Å². The molecule has 0 aromatic carbocycles. The van der Waals surface area contributed by atoms with Crippen LogP contribution in [0.2, 0.25) is 0 Å². The van der Waals surface area contributed by atoms with Gasteiger partial charge in [-0.1, -0.05) is 0 Å². The van der Waals surface area contributed by atoms with Crippen molar-refractivity contribution in [1.29, 1.82) is 0 Å². The molecule has 2 aliphatic rings. The van der Waals surface area contributed by atoms with E-state index in [-0.39, 0.29) is 43.3 Å². The third-order valence-electron chi connectivity index (χ3n) is 5.96. The Labute approximate surface area is 196 Å². The predicted octanol–water partition coefficient (Wildman–Crippen LogP) is -0.184. The molecule has 2 aliphatic heterocycles. The summed E-state index contributed by atoms with van der Waals surface area (Å²) in [7, 11) is 0. The summed E-state index contributed by atoms with van der Waals surface area (Å²) in [5.41, 5.74) is 7.06. The van der Waals surface area contributed by atoms with Crippen LogP contribution in [0.3, 0.4) is 0 Å². The third-order valence-corrected chi connectivity index (χ3v) is 5.96. The van der Waals surface area contributed by atoms with E-state index in [2.05, 4.69) is 29.9 Å². The molecule has 0 spiro atoms. The first kappa shape index (κ1) is 23.2. The monoisotopic (exact) mass is 489 g/mol. The van der Waals surface area contributed by atoms with Gasteiger partial charge in [0.2, 0.25) is 0 Å². The summed E-state index contributed by atoms with van der Waals surface area (Å²) >= 11 is 0. The first-order valence-electron chi connectivity index (χ1n) is 11.0. The van der Waals surface area contributed by atoms with E-state index in [1.807, 2.05) is 0 Å². The molecule has 4 aromatic heterocycles. The van der Waals surface area contributed by atoms with E-state index in [0.29, 0.717) is 22.3 Å². The van der Waals surface area contributed by atoms with Crippen LogP contribution in [0.4, 0.5) is 10.2 Å². The maximum atomic E-state index is 13.9. The molecule has 0 bridgehead atoms. The standard InChI is InChI=1S/C10H12FN5O2.C10H12N4O3/c11-6-1-5(2-17)18-10(6)16-4-15-7-8(12)13-3-14-9(7)16;15-3-6-1-2-7(17-6)14-5-13-8-9(14)11-4-12-10(8)16/h3-6,10,17H,1-2H2,(H2,12,13,14);4-7,15H,1-3H2,(H,11,12,16)/t5-,6-,10+;6-,7+/m00/s1. The average molecular weight is 489 g/mol. The number of nitrogens with zero attached hydrogens (tertiary/aromatic N) is 7. The summed E-state index contributed by atoms with van der Waals surface area (Å²) < 4.78 is 28.1.